The maximum atomic E-state index is 12.5. The van der Waals surface area contributed by atoms with Crippen LogP contribution in [0.4, 0.5) is 13.2 Å². The van der Waals surface area contributed by atoms with Crippen LogP contribution >= 0.6 is 0 Å². The Bertz CT molecular complexity index is 359. The van der Waals surface area contributed by atoms with E-state index in [1.807, 2.05) is 30.4 Å². The summed E-state index contributed by atoms with van der Waals surface area (Å²) in [4.78, 5) is 3.34. The summed E-state index contributed by atoms with van der Waals surface area (Å²) in [7, 11) is 1.19. The van der Waals surface area contributed by atoms with E-state index in [-0.39, 0.29) is 6.42 Å². The molecule has 0 atom stereocenters. The molecule has 0 saturated carbocycles. The Labute approximate surface area is 99.4 Å². The number of nitrogens with zero attached hydrogens (tertiary/aromatic N) is 1. The zero-order valence-corrected chi connectivity index (χ0v) is 9.80. The molecule has 94 valence electrons. The van der Waals surface area contributed by atoms with Gasteiger partial charge in [0.15, 0.2) is 0 Å². The molecule has 0 bridgehead atoms. The molecule has 0 amide bonds. The largest absolute Gasteiger partial charge is 0.429 e. The minimum atomic E-state index is -4.33. The lowest BCUT2D eigenvalue weighted by Crippen LogP contribution is -2.23. The lowest BCUT2D eigenvalue weighted by molar-refractivity contribution is -0.0601. The predicted octanol–water partition coefficient (Wildman–Crippen LogP) is 4.23. The number of rotatable bonds is 2. The van der Waals surface area contributed by atoms with Gasteiger partial charge in [-0.25, -0.2) is 0 Å². The second-order valence-corrected chi connectivity index (χ2v) is 3.83. The lowest BCUT2D eigenvalue weighted by Gasteiger charge is -2.11. The highest BCUT2D eigenvalue weighted by atomic mass is 19.4. The standard InChI is InChI=1S/C13H16F3N/c1-17-12(13(14,15)16)10-11-8-6-4-2-3-5-7-9-11/h2,4-5,7-8H,3,6,9-10H2,1H3/b4-2?,7-5-,11-8+,17-12+. The molecule has 0 radical (unpaired) electrons. The zero-order chi connectivity index (χ0) is 12.7. The van der Waals surface area contributed by atoms with Gasteiger partial charge in [0.25, 0.3) is 0 Å². The Morgan fingerprint density at radius 1 is 1.18 bits per heavy atom. The smallest absolute Gasteiger partial charge is 0.288 e. The van der Waals surface area contributed by atoms with E-state index in [0.29, 0.717) is 12.8 Å². The van der Waals surface area contributed by atoms with Crippen molar-refractivity contribution >= 4 is 5.71 Å². The van der Waals surface area contributed by atoms with Gasteiger partial charge in [0, 0.05) is 13.5 Å². The maximum absolute atomic E-state index is 12.5. The molecule has 1 aliphatic rings. The Kier molecular flexibility index (Phi) is 5.19. The minimum absolute atomic E-state index is 0.113. The molecule has 0 saturated heterocycles. The van der Waals surface area contributed by atoms with Gasteiger partial charge in [0.05, 0.1) is 0 Å². The van der Waals surface area contributed by atoms with E-state index in [4.69, 9.17) is 0 Å². The number of halogens is 3. The first-order chi connectivity index (χ1) is 8.04. The molecular formula is C13H16F3N. The Morgan fingerprint density at radius 2 is 1.82 bits per heavy atom. The van der Waals surface area contributed by atoms with Crippen molar-refractivity contribution in [1.29, 1.82) is 0 Å². The Hall–Kier alpha value is -1.32. The van der Waals surface area contributed by atoms with Crippen molar-refractivity contribution in [2.24, 2.45) is 4.99 Å². The van der Waals surface area contributed by atoms with Gasteiger partial charge in [0.1, 0.15) is 5.71 Å². The molecule has 1 aliphatic carbocycles. The fourth-order valence-corrected chi connectivity index (χ4v) is 1.59. The molecule has 1 nitrogen and oxygen atoms in total. The van der Waals surface area contributed by atoms with Gasteiger partial charge in [0.2, 0.25) is 0 Å². The molecule has 0 spiro atoms. The first kappa shape index (κ1) is 13.7. The molecule has 4 heteroatoms. The molecule has 0 heterocycles. The van der Waals surface area contributed by atoms with Crippen molar-refractivity contribution < 1.29 is 13.2 Å². The van der Waals surface area contributed by atoms with Crippen molar-refractivity contribution in [3.05, 3.63) is 36.0 Å². The average molecular weight is 243 g/mol. The third-order valence-electron chi connectivity index (χ3n) is 2.52. The second kappa shape index (κ2) is 6.42. The van der Waals surface area contributed by atoms with Crippen LogP contribution in [0.1, 0.15) is 25.7 Å². The fourth-order valence-electron chi connectivity index (χ4n) is 1.59. The van der Waals surface area contributed by atoms with E-state index in [9.17, 15) is 13.2 Å². The van der Waals surface area contributed by atoms with Gasteiger partial charge >= 0.3 is 6.18 Å². The molecule has 0 aromatic rings. The van der Waals surface area contributed by atoms with E-state index in [2.05, 4.69) is 4.99 Å². The SMILES string of the molecule is C/N=C(\C/C1=C/CC=CC/C=C\C1)C(F)(F)F. The fraction of sp³-hybridized carbons (Fsp3) is 0.462. The summed E-state index contributed by atoms with van der Waals surface area (Å²) in [5.41, 5.74) is 0.0612. The van der Waals surface area contributed by atoms with E-state index < -0.39 is 11.9 Å². The Balaban J connectivity index is 2.74. The van der Waals surface area contributed by atoms with Crippen molar-refractivity contribution in [3.8, 4) is 0 Å². The third kappa shape index (κ3) is 5.02. The summed E-state index contributed by atoms with van der Waals surface area (Å²) in [6, 6.07) is 0. The van der Waals surface area contributed by atoms with Crippen molar-refractivity contribution in [1.82, 2.24) is 0 Å². The molecule has 0 aromatic carbocycles. The number of hydrogen-bond donors (Lipinski definition) is 0. The van der Waals surface area contributed by atoms with Crippen LogP contribution < -0.4 is 0 Å². The monoisotopic (exact) mass is 243 g/mol. The first-order valence-electron chi connectivity index (χ1n) is 5.55. The molecular weight excluding hydrogens is 227 g/mol. The highest BCUT2D eigenvalue weighted by Crippen LogP contribution is 2.24. The van der Waals surface area contributed by atoms with Crippen LogP contribution in [0.15, 0.2) is 40.9 Å². The zero-order valence-electron chi connectivity index (χ0n) is 9.80. The quantitative estimate of drug-likeness (QED) is 0.508. The molecule has 0 unspecified atom stereocenters. The third-order valence-corrected chi connectivity index (χ3v) is 2.52. The second-order valence-electron chi connectivity index (χ2n) is 3.83. The number of aliphatic imine (C=N–C) groups is 1. The molecule has 1 rings (SSSR count). The summed E-state index contributed by atoms with van der Waals surface area (Å²) in [5.74, 6) is 0. The van der Waals surface area contributed by atoms with Crippen LogP contribution in [0.2, 0.25) is 0 Å². The van der Waals surface area contributed by atoms with Gasteiger partial charge in [-0.1, -0.05) is 36.0 Å². The van der Waals surface area contributed by atoms with E-state index in [0.717, 1.165) is 12.0 Å². The summed E-state index contributed by atoms with van der Waals surface area (Å²) < 4.78 is 37.6. The van der Waals surface area contributed by atoms with Crippen LogP contribution in [0.3, 0.4) is 0 Å². The summed E-state index contributed by atoms with van der Waals surface area (Å²) >= 11 is 0. The van der Waals surface area contributed by atoms with E-state index in [1.165, 1.54) is 7.05 Å². The number of alkyl halides is 3. The Morgan fingerprint density at radius 3 is 2.47 bits per heavy atom. The molecule has 0 aliphatic heterocycles. The highest BCUT2D eigenvalue weighted by molar-refractivity contribution is 5.91. The van der Waals surface area contributed by atoms with Crippen LogP contribution in [-0.2, 0) is 0 Å². The molecule has 0 N–H and O–H groups in total. The van der Waals surface area contributed by atoms with Gasteiger partial charge in [-0.2, -0.15) is 13.2 Å². The predicted molar refractivity (Wildman–Crippen MR) is 64.2 cm³/mol. The van der Waals surface area contributed by atoms with Gasteiger partial charge < -0.3 is 0 Å². The van der Waals surface area contributed by atoms with Gasteiger partial charge in [-0.15, -0.1) is 0 Å². The maximum Gasteiger partial charge on any atom is 0.429 e. The minimum Gasteiger partial charge on any atom is -0.288 e. The number of allylic oxidation sites excluding steroid dienone is 6. The summed E-state index contributed by atoms with van der Waals surface area (Å²) in [5, 5.41) is 0. The van der Waals surface area contributed by atoms with Crippen LogP contribution in [0, 0.1) is 0 Å². The van der Waals surface area contributed by atoms with Gasteiger partial charge in [-0.3, -0.25) is 4.99 Å². The van der Waals surface area contributed by atoms with Crippen molar-refractivity contribution in [2.45, 2.75) is 31.9 Å². The van der Waals surface area contributed by atoms with Crippen molar-refractivity contribution in [2.75, 3.05) is 7.05 Å². The summed E-state index contributed by atoms with van der Waals surface area (Å²) in [6.07, 6.45) is 7.35. The molecule has 0 aromatic heterocycles. The number of hydrogen-bond acceptors (Lipinski definition) is 1. The molecule has 0 fully saturated rings. The van der Waals surface area contributed by atoms with Crippen LogP contribution in [0.25, 0.3) is 0 Å². The van der Waals surface area contributed by atoms with Crippen LogP contribution in [0.5, 0.6) is 0 Å². The first-order valence-corrected chi connectivity index (χ1v) is 5.55. The summed E-state index contributed by atoms with van der Waals surface area (Å²) in [6.45, 7) is 0. The van der Waals surface area contributed by atoms with E-state index >= 15 is 0 Å². The average Bonchev–Trinajstić information content (AvgIpc) is 2.37. The van der Waals surface area contributed by atoms with Crippen molar-refractivity contribution in [3.63, 3.8) is 0 Å². The topological polar surface area (TPSA) is 12.4 Å². The normalized spacial score (nSPS) is 23.3. The highest BCUT2D eigenvalue weighted by Gasteiger charge is 2.34. The van der Waals surface area contributed by atoms with Gasteiger partial charge in [-0.05, 0) is 19.3 Å². The van der Waals surface area contributed by atoms with Crippen LogP contribution in [-0.4, -0.2) is 18.9 Å². The lowest BCUT2D eigenvalue weighted by atomic mass is 10.0. The molecule has 17 heavy (non-hydrogen) atoms. The van der Waals surface area contributed by atoms with E-state index in [1.54, 1.807) is 0 Å².